The molecule has 120 heavy (non-hydrogen) atoms. The lowest BCUT2D eigenvalue weighted by molar-refractivity contribution is -0.214. The highest BCUT2D eigenvalue weighted by Crippen LogP contribution is 2.49. The summed E-state index contributed by atoms with van der Waals surface area (Å²) < 4.78 is 164. The molecule has 15 atom stereocenters. The summed E-state index contributed by atoms with van der Waals surface area (Å²) in [6.07, 6.45) is 3.70. The molecule has 43 heteroatoms. The maximum Gasteiger partial charge on any atom is 0.220 e. The molecule has 1 aromatic heterocycles. The highest BCUT2D eigenvalue weighted by atomic mass is 16.8. The highest BCUT2D eigenvalue weighted by molar-refractivity contribution is 5.77. The van der Waals surface area contributed by atoms with Crippen LogP contribution in [0.25, 0.3) is 0 Å². The van der Waals surface area contributed by atoms with Crippen molar-refractivity contribution < 1.29 is 142 Å². The van der Waals surface area contributed by atoms with Crippen LogP contribution in [-0.4, -0.2) is 371 Å². The Morgan fingerprint density at radius 2 is 0.925 bits per heavy atom. The van der Waals surface area contributed by atoms with E-state index < -0.39 is 88.8 Å². The average Bonchev–Trinajstić information content (AvgIpc) is 1.58. The number of unbranched alkanes of at least 4 members (excludes halogenated alkanes) is 2. The van der Waals surface area contributed by atoms with Crippen molar-refractivity contribution in [2.45, 2.75) is 208 Å². The largest absolute Gasteiger partial charge is 0.387 e. The maximum atomic E-state index is 13.9. The fourth-order valence-corrected chi connectivity index (χ4v) is 15.1. The Kier molecular flexibility index (Phi) is 39.6. The summed E-state index contributed by atoms with van der Waals surface area (Å²) in [6, 6.07) is -1.04. The van der Waals surface area contributed by atoms with Crippen LogP contribution in [0, 0.1) is 11.1 Å². The van der Waals surface area contributed by atoms with E-state index in [2.05, 4.69) is 47.1 Å². The molecule has 0 aromatic carbocycles. The number of nitrogens with one attached hydrogen (secondary N) is 7. The summed E-state index contributed by atoms with van der Waals surface area (Å²) in [5.74, 6) is -3.15. The average molecular weight is 1720 g/mol. The molecule has 9 fully saturated rings. The third-order valence-corrected chi connectivity index (χ3v) is 20.5. The van der Waals surface area contributed by atoms with Crippen LogP contribution in [-0.2, 0) is 155 Å². The SMILES string of the molecule is CC(=O)N[C@H]1[C@H]2OC[C@](COCCOCCOCCOCCN/C=C(/COCC(COC/C(=C/NCCOCCOCCOCCOC[C@]34CO[C@H](C[C@H]5OC(C)(C)O[C@H]53)O4)N=N)(COCc3cn(CCOCCOCCOCCOC[C@@]45CO[C@@H](O4)[C@H](NC(C)=O)[C@H]4OC(C)(C)O[C@H]45)nn3)NC(=O)CCCCCN)N=N)(O2)[C@@H]2OC(C)(C)O[C@H]12. The number of aromatic nitrogens is 3. The molecule has 0 aliphatic carbocycles. The summed E-state index contributed by atoms with van der Waals surface area (Å²) in [7, 11) is 0. The minimum Gasteiger partial charge on any atom is -0.387 e. The first-order chi connectivity index (χ1) is 58.0. The van der Waals surface area contributed by atoms with Gasteiger partial charge in [-0.25, -0.2) is 15.7 Å². The zero-order valence-electron chi connectivity index (χ0n) is 70.8. The Morgan fingerprint density at radius 1 is 0.508 bits per heavy atom. The summed E-state index contributed by atoms with van der Waals surface area (Å²) >= 11 is 0. The van der Waals surface area contributed by atoms with Crippen molar-refractivity contribution in [3.05, 3.63) is 35.7 Å². The third-order valence-electron chi connectivity index (χ3n) is 20.5. The minimum absolute atomic E-state index is 0.00534. The standard InChI is InChI=1S/C77H131N13O30/c1-54(91)83-62-64-67(117-72(5,6)114-64)76(52-110-69(62)119-76)49-104-36-33-101-30-27-98-24-21-95-18-15-82-40-57(87-80)43-107-46-74(85-60(93)12-10-9-11-13-78,45-106-42-56(86-79)39-81-14-17-94-20-23-97-26-29-100-32-35-103-48-75-51-109-61(113-75)38-59-66(75)116-71(3,4)112-59)47-108-44-58-41-90(89-88-58)16-19-96-22-25-99-28-31-102-34-37-105-50-77-53-111-70(120-77)63(84-55(2)92)65-68(77)118-73(7,8)115-65/h39-41,59,61-70,79-82H,9-38,42-53,78H2,1-8H3,(H,83,91)(H,84,92)(H,85,93)/b56-39-,57-40-,86-79?,87-80?/t59-,61+,62-,63-,64-,65-,66-,67-,68-,69+,70+,74?,75+,76+,77+/m1/s1. The lowest BCUT2D eigenvalue weighted by atomic mass is 9.88. The number of amides is 3. The molecule has 0 spiro atoms. The van der Waals surface area contributed by atoms with Crippen LogP contribution in [0.2, 0.25) is 0 Å². The summed E-state index contributed by atoms with van der Waals surface area (Å²) in [6.45, 7) is 23.6. The number of carbonyl (C=O) groups excluding carboxylic acids is 3. The lowest BCUT2D eigenvalue weighted by Gasteiger charge is -2.42. The maximum absolute atomic E-state index is 13.9. The fraction of sp³-hybridized carbons (Fsp3) is 0.883. The normalized spacial score (nSPS) is 29.0. The van der Waals surface area contributed by atoms with E-state index in [4.69, 9.17) is 145 Å². The monoisotopic (exact) mass is 1720 g/mol. The zero-order valence-corrected chi connectivity index (χ0v) is 70.8. The molecule has 9 aliphatic rings. The van der Waals surface area contributed by atoms with Crippen LogP contribution in [0.5, 0.6) is 0 Å². The second-order valence-electron chi connectivity index (χ2n) is 31.9. The third kappa shape index (κ3) is 30.2. The van der Waals surface area contributed by atoms with Gasteiger partial charge in [0.15, 0.2) is 36.2 Å². The number of nitrogens with two attached hydrogens (primary N) is 1. The van der Waals surface area contributed by atoms with Crippen LogP contribution in [0.1, 0.15) is 93.2 Å². The number of hydrogen-bond acceptors (Lipinski definition) is 39. The van der Waals surface area contributed by atoms with Gasteiger partial charge in [0.25, 0.3) is 0 Å². The van der Waals surface area contributed by atoms with E-state index >= 15 is 0 Å². The quantitative estimate of drug-likeness (QED) is 0.0328. The van der Waals surface area contributed by atoms with Gasteiger partial charge < -0.3 is 160 Å². The van der Waals surface area contributed by atoms with Gasteiger partial charge in [0, 0.05) is 52.2 Å². The molecule has 43 nitrogen and oxygen atoms in total. The van der Waals surface area contributed by atoms with Crippen molar-refractivity contribution in [2.24, 2.45) is 16.0 Å². The molecule has 6 bridgehead atoms. The molecule has 10 rings (SSSR count). The topological polar surface area (TPSA) is 490 Å². The van der Waals surface area contributed by atoms with Crippen molar-refractivity contribution in [1.29, 1.82) is 11.1 Å². The van der Waals surface area contributed by atoms with E-state index in [0.717, 1.165) is 12.8 Å². The lowest BCUT2D eigenvalue weighted by Crippen LogP contribution is -2.65. The van der Waals surface area contributed by atoms with Crippen LogP contribution in [0.4, 0.5) is 0 Å². The van der Waals surface area contributed by atoms with Crippen molar-refractivity contribution >= 4 is 17.7 Å². The number of rotatable bonds is 66. The molecule has 1 unspecified atom stereocenters. The molecular formula is C77H131N13O30. The summed E-state index contributed by atoms with van der Waals surface area (Å²) in [5.41, 5.74) is 18.9. The Morgan fingerprint density at radius 3 is 1.38 bits per heavy atom. The van der Waals surface area contributed by atoms with Gasteiger partial charge >= 0.3 is 0 Å². The van der Waals surface area contributed by atoms with Crippen LogP contribution >= 0.6 is 0 Å². The van der Waals surface area contributed by atoms with Gasteiger partial charge in [-0.2, -0.15) is 10.2 Å². The van der Waals surface area contributed by atoms with Crippen molar-refractivity contribution in [3.63, 3.8) is 0 Å². The molecule has 684 valence electrons. The molecule has 0 saturated carbocycles. The molecule has 3 amide bonds. The van der Waals surface area contributed by atoms with E-state index in [0.29, 0.717) is 197 Å². The molecule has 1 aromatic rings. The van der Waals surface area contributed by atoms with Crippen molar-refractivity contribution in [2.75, 3.05) is 231 Å². The van der Waals surface area contributed by atoms with Crippen LogP contribution < -0.4 is 32.3 Å². The van der Waals surface area contributed by atoms with E-state index in [1.807, 2.05) is 41.5 Å². The second kappa shape index (κ2) is 49.0. The minimum atomic E-state index is -1.33. The number of carbonyl (C=O) groups is 3. The number of hydrogen-bond donors (Lipinski definition) is 8. The number of nitrogens with zero attached hydrogens (tertiary/aromatic N) is 5. The van der Waals surface area contributed by atoms with Crippen LogP contribution in [0.15, 0.2) is 40.2 Å². The first-order valence-corrected chi connectivity index (χ1v) is 41.6. The second-order valence-corrected chi connectivity index (χ2v) is 31.9. The van der Waals surface area contributed by atoms with Crippen molar-refractivity contribution in [3.8, 4) is 0 Å². The summed E-state index contributed by atoms with van der Waals surface area (Å²) in [4.78, 5) is 37.8. The number of ether oxygens (including phenoxy) is 27. The molecule has 9 N–H and O–H groups in total. The first-order valence-electron chi connectivity index (χ1n) is 41.6. The van der Waals surface area contributed by atoms with Gasteiger partial charge in [-0.1, -0.05) is 11.6 Å². The van der Waals surface area contributed by atoms with E-state index in [1.165, 1.54) is 13.8 Å². The predicted molar refractivity (Wildman–Crippen MR) is 414 cm³/mol. The van der Waals surface area contributed by atoms with Gasteiger partial charge in [0.05, 0.1) is 237 Å². The molecule has 10 heterocycles. The van der Waals surface area contributed by atoms with Gasteiger partial charge in [-0.05, 0) is 60.9 Å². The Balaban J connectivity index is 0.610. The Bertz CT molecular complexity index is 3300. The van der Waals surface area contributed by atoms with E-state index in [1.54, 1.807) is 23.3 Å². The summed E-state index contributed by atoms with van der Waals surface area (Å²) in [5, 5.41) is 31.1. The zero-order chi connectivity index (χ0) is 85.2. The molecule has 9 aliphatic heterocycles. The van der Waals surface area contributed by atoms with Crippen LogP contribution in [0.3, 0.4) is 0 Å². The molecule has 0 radical (unpaired) electrons. The molecule has 9 saturated heterocycles. The van der Waals surface area contributed by atoms with E-state index in [-0.39, 0.29) is 120 Å². The predicted octanol–water partition coefficient (Wildman–Crippen LogP) is 0.661. The Hall–Kier alpha value is -5.29. The smallest absolute Gasteiger partial charge is 0.220 e. The van der Waals surface area contributed by atoms with Gasteiger partial charge in [0.2, 0.25) is 17.7 Å². The van der Waals surface area contributed by atoms with Gasteiger partial charge in [-0.3, -0.25) is 14.4 Å². The highest BCUT2D eigenvalue weighted by Gasteiger charge is 2.68. The molecular weight excluding hydrogens is 1590 g/mol. The first kappa shape index (κ1) is 96.9. The number of fused-ring (bicyclic) bond motifs is 12. The van der Waals surface area contributed by atoms with E-state index in [9.17, 15) is 14.4 Å². The van der Waals surface area contributed by atoms with Gasteiger partial charge in [-0.15, -0.1) is 5.10 Å². The Labute approximate surface area is 700 Å². The fourth-order valence-electron chi connectivity index (χ4n) is 15.1. The van der Waals surface area contributed by atoms with Crippen molar-refractivity contribution in [1.82, 2.24) is 41.6 Å². The van der Waals surface area contributed by atoms with Gasteiger partial charge in [0.1, 0.15) is 82.0 Å².